The molecule has 0 unspecified atom stereocenters. The van der Waals surface area contributed by atoms with Gasteiger partial charge in [-0.2, -0.15) is 5.10 Å². The molecule has 0 amide bonds. The first-order chi connectivity index (χ1) is 11.4. The molecule has 0 aliphatic rings. The van der Waals surface area contributed by atoms with Crippen LogP contribution in [0.1, 0.15) is 31.1 Å². The molecule has 6 heteroatoms. The summed E-state index contributed by atoms with van der Waals surface area (Å²) in [6.07, 6.45) is 5.18. The standard InChI is InChI=1S/C18H17N5O/c1-18(2,3)16(24)12-7-19-17-15(12)22-14(9-20-17)10-5-4-6-13-11(10)8-21-23-13/h4-9H,1-3H3,(H,19,20)(H,21,23). The SMILES string of the molecule is CC(C)(C)C(=O)c1c[nH]c2ncc(-c3cccc4[nH]ncc34)nc12. The lowest BCUT2D eigenvalue weighted by molar-refractivity contribution is 0.0860. The third-order valence-electron chi connectivity index (χ3n) is 4.07. The topological polar surface area (TPSA) is 87.3 Å². The monoisotopic (exact) mass is 319 g/mol. The molecule has 3 heterocycles. The van der Waals surface area contributed by atoms with Gasteiger partial charge < -0.3 is 4.98 Å². The van der Waals surface area contributed by atoms with E-state index in [1.165, 1.54) is 0 Å². The van der Waals surface area contributed by atoms with Crippen molar-refractivity contribution < 1.29 is 4.79 Å². The highest BCUT2D eigenvalue weighted by Gasteiger charge is 2.26. The normalized spacial score (nSPS) is 12.1. The van der Waals surface area contributed by atoms with Crippen LogP contribution in [-0.4, -0.2) is 30.9 Å². The number of aromatic nitrogens is 5. The molecule has 0 atom stereocenters. The van der Waals surface area contributed by atoms with Crippen LogP contribution in [-0.2, 0) is 0 Å². The summed E-state index contributed by atoms with van der Waals surface area (Å²) in [6.45, 7) is 5.70. The minimum absolute atomic E-state index is 0.0433. The third kappa shape index (κ3) is 2.19. The van der Waals surface area contributed by atoms with Crippen LogP contribution in [0, 0.1) is 5.41 Å². The van der Waals surface area contributed by atoms with Crippen LogP contribution in [0.4, 0.5) is 0 Å². The summed E-state index contributed by atoms with van der Waals surface area (Å²) in [5.74, 6) is 0.0433. The van der Waals surface area contributed by atoms with Gasteiger partial charge in [0, 0.05) is 22.6 Å². The molecule has 0 fully saturated rings. The van der Waals surface area contributed by atoms with Crippen molar-refractivity contribution in [1.82, 2.24) is 25.1 Å². The van der Waals surface area contributed by atoms with Gasteiger partial charge in [0.2, 0.25) is 0 Å². The molecule has 0 bridgehead atoms. The first-order valence-corrected chi connectivity index (χ1v) is 7.76. The molecule has 2 N–H and O–H groups in total. The average molecular weight is 319 g/mol. The Morgan fingerprint density at radius 2 is 2.00 bits per heavy atom. The highest BCUT2D eigenvalue weighted by Crippen LogP contribution is 2.29. The summed E-state index contributed by atoms with van der Waals surface area (Å²) in [5.41, 5.74) is 3.92. The molecule has 0 aliphatic carbocycles. The van der Waals surface area contributed by atoms with Crippen LogP contribution in [0.2, 0.25) is 0 Å². The summed E-state index contributed by atoms with van der Waals surface area (Å²) in [7, 11) is 0. The molecule has 4 aromatic rings. The molecule has 0 spiro atoms. The van der Waals surface area contributed by atoms with Crippen LogP contribution in [0.3, 0.4) is 0 Å². The molecule has 24 heavy (non-hydrogen) atoms. The second-order valence-corrected chi connectivity index (χ2v) is 6.87. The lowest BCUT2D eigenvalue weighted by Crippen LogP contribution is -2.20. The van der Waals surface area contributed by atoms with E-state index in [4.69, 9.17) is 4.98 Å². The molecule has 0 aliphatic heterocycles. The van der Waals surface area contributed by atoms with Gasteiger partial charge in [0.05, 0.1) is 29.2 Å². The van der Waals surface area contributed by atoms with E-state index in [1.807, 2.05) is 39.0 Å². The summed E-state index contributed by atoms with van der Waals surface area (Å²) in [5, 5.41) is 8.01. The lowest BCUT2D eigenvalue weighted by Gasteiger charge is -2.15. The number of hydrogen-bond acceptors (Lipinski definition) is 4. The van der Waals surface area contributed by atoms with Crippen molar-refractivity contribution in [3.63, 3.8) is 0 Å². The number of aromatic amines is 2. The Morgan fingerprint density at radius 1 is 1.17 bits per heavy atom. The summed E-state index contributed by atoms with van der Waals surface area (Å²) in [6, 6.07) is 5.88. The molecule has 120 valence electrons. The molecule has 4 rings (SSSR count). The number of hydrogen-bond donors (Lipinski definition) is 2. The number of H-pyrrole nitrogens is 2. The number of nitrogens with one attached hydrogen (secondary N) is 2. The predicted octanol–water partition coefficient (Wildman–Crippen LogP) is 3.73. The minimum atomic E-state index is -0.475. The lowest BCUT2D eigenvalue weighted by atomic mass is 9.87. The van der Waals surface area contributed by atoms with Gasteiger partial charge >= 0.3 is 0 Å². The number of rotatable bonds is 2. The van der Waals surface area contributed by atoms with Gasteiger partial charge in [0.15, 0.2) is 11.4 Å². The number of nitrogens with zero attached hydrogens (tertiary/aromatic N) is 3. The van der Waals surface area contributed by atoms with E-state index in [2.05, 4.69) is 20.2 Å². The Hall–Kier alpha value is -3.02. The van der Waals surface area contributed by atoms with Gasteiger partial charge in [0.25, 0.3) is 0 Å². The second kappa shape index (κ2) is 4.99. The number of carbonyl (C=O) groups excluding carboxylic acids is 1. The van der Waals surface area contributed by atoms with Gasteiger partial charge in [-0.15, -0.1) is 0 Å². The number of carbonyl (C=O) groups is 1. The zero-order chi connectivity index (χ0) is 16.9. The maximum Gasteiger partial charge on any atom is 0.171 e. The number of Topliss-reactive ketones (excluding diaryl/α,β-unsaturated/α-hetero) is 1. The average Bonchev–Trinajstić information content (AvgIpc) is 3.18. The number of ketones is 1. The van der Waals surface area contributed by atoms with E-state index in [0.717, 1.165) is 22.2 Å². The highest BCUT2D eigenvalue weighted by atomic mass is 16.1. The summed E-state index contributed by atoms with van der Waals surface area (Å²) in [4.78, 5) is 24.8. The Balaban J connectivity index is 1.92. The van der Waals surface area contributed by atoms with Crippen molar-refractivity contribution in [2.75, 3.05) is 0 Å². The van der Waals surface area contributed by atoms with Gasteiger partial charge in [0.1, 0.15) is 5.52 Å². The number of fused-ring (bicyclic) bond motifs is 2. The quantitative estimate of drug-likeness (QED) is 0.551. The van der Waals surface area contributed by atoms with E-state index in [1.54, 1.807) is 18.6 Å². The summed E-state index contributed by atoms with van der Waals surface area (Å²) < 4.78 is 0. The summed E-state index contributed by atoms with van der Waals surface area (Å²) >= 11 is 0. The highest BCUT2D eigenvalue weighted by molar-refractivity contribution is 6.08. The Kier molecular flexibility index (Phi) is 3.03. The fourth-order valence-electron chi connectivity index (χ4n) is 2.79. The molecule has 0 saturated heterocycles. The minimum Gasteiger partial charge on any atom is -0.344 e. The van der Waals surface area contributed by atoms with Gasteiger partial charge in [-0.3, -0.25) is 9.89 Å². The molecular weight excluding hydrogens is 302 g/mol. The van der Waals surface area contributed by atoms with Gasteiger partial charge in [-0.05, 0) is 6.07 Å². The molecular formula is C18H17N5O. The van der Waals surface area contributed by atoms with Crippen molar-refractivity contribution in [3.05, 3.63) is 42.4 Å². The van der Waals surface area contributed by atoms with Crippen molar-refractivity contribution in [2.24, 2.45) is 5.41 Å². The van der Waals surface area contributed by atoms with E-state index >= 15 is 0 Å². The predicted molar refractivity (Wildman–Crippen MR) is 92.8 cm³/mol. The molecule has 0 saturated carbocycles. The smallest absolute Gasteiger partial charge is 0.171 e. The van der Waals surface area contributed by atoms with E-state index in [9.17, 15) is 4.79 Å². The Labute approximate surface area is 138 Å². The Morgan fingerprint density at radius 3 is 2.79 bits per heavy atom. The van der Waals surface area contributed by atoms with Crippen molar-refractivity contribution in [3.8, 4) is 11.3 Å². The zero-order valence-corrected chi connectivity index (χ0v) is 13.7. The van der Waals surface area contributed by atoms with E-state index in [0.29, 0.717) is 16.7 Å². The fraction of sp³-hybridized carbons (Fsp3) is 0.222. The van der Waals surface area contributed by atoms with Crippen molar-refractivity contribution in [1.29, 1.82) is 0 Å². The Bertz CT molecular complexity index is 1070. The van der Waals surface area contributed by atoms with E-state index < -0.39 is 5.41 Å². The molecule has 0 radical (unpaired) electrons. The van der Waals surface area contributed by atoms with Crippen LogP contribution in [0.5, 0.6) is 0 Å². The van der Waals surface area contributed by atoms with Gasteiger partial charge in [-0.1, -0.05) is 32.9 Å². The maximum atomic E-state index is 12.7. The van der Waals surface area contributed by atoms with Crippen molar-refractivity contribution in [2.45, 2.75) is 20.8 Å². The number of benzene rings is 1. The van der Waals surface area contributed by atoms with Crippen LogP contribution in [0.15, 0.2) is 36.8 Å². The van der Waals surface area contributed by atoms with Crippen LogP contribution < -0.4 is 0 Å². The maximum absolute atomic E-state index is 12.7. The van der Waals surface area contributed by atoms with Crippen LogP contribution in [0.25, 0.3) is 33.3 Å². The zero-order valence-electron chi connectivity index (χ0n) is 13.7. The van der Waals surface area contributed by atoms with E-state index in [-0.39, 0.29) is 5.78 Å². The largest absolute Gasteiger partial charge is 0.344 e. The third-order valence-corrected chi connectivity index (χ3v) is 4.07. The molecule has 3 aromatic heterocycles. The molecule has 1 aromatic carbocycles. The first kappa shape index (κ1) is 14.6. The van der Waals surface area contributed by atoms with Crippen molar-refractivity contribution >= 4 is 27.9 Å². The molecule has 6 nitrogen and oxygen atoms in total. The first-order valence-electron chi connectivity index (χ1n) is 7.76. The van der Waals surface area contributed by atoms with Crippen LogP contribution >= 0.6 is 0 Å². The van der Waals surface area contributed by atoms with Gasteiger partial charge in [-0.25, -0.2) is 9.97 Å². The fourth-order valence-corrected chi connectivity index (χ4v) is 2.79. The second-order valence-electron chi connectivity index (χ2n) is 6.87.